The van der Waals surface area contributed by atoms with E-state index in [4.69, 9.17) is 16.3 Å². The van der Waals surface area contributed by atoms with E-state index in [1.807, 2.05) is 36.4 Å². The summed E-state index contributed by atoms with van der Waals surface area (Å²) >= 11 is 5.86. The molecule has 1 nitrogen and oxygen atoms in total. The first-order valence-electron chi connectivity index (χ1n) is 5.37. The largest absolute Gasteiger partial charge is 0.360 e. The standard InChI is InChI=1S/C14H15ClO/c1-3-9-14(10-4-2)13(16-14)11-5-7-12(15)8-6-11/h3-8,13H,1-2,9-10H2. The Morgan fingerprint density at radius 3 is 2.25 bits per heavy atom. The third kappa shape index (κ3) is 2.06. The lowest BCUT2D eigenvalue weighted by molar-refractivity contribution is 0.296. The topological polar surface area (TPSA) is 12.5 Å². The van der Waals surface area contributed by atoms with Crippen LogP contribution in [0.1, 0.15) is 24.5 Å². The molecular weight excluding hydrogens is 220 g/mol. The fourth-order valence-electron chi connectivity index (χ4n) is 2.09. The minimum Gasteiger partial charge on any atom is -0.360 e. The maximum atomic E-state index is 5.86. The van der Waals surface area contributed by atoms with Crippen molar-refractivity contribution in [2.45, 2.75) is 24.5 Å². The third-order valence-corrected chi connectivity index (χ3v) is 3.18. The summed E-state index contributed by atoms with van der Waals surface area (Å²) in [4.78, 5) is 0. The summed E-state index contributed by atoms with van der Waals surface area (Å²) < 4.78 is 5.83. The summed E-state index contributed by atoms with van der Waals surface area (Å²) in [6.07, 6.45) is 5.66. The summed E-state index contributed by atoms with van der Waals surface area (Å²) in [5.41, 5.74) is 1.06. The molecule has 0 aliphatic carbocycles. The molecule has 0 amide bonds. The van der Waals surface area contributed by atoms with Crippen LogP contribution in [0.3, 0.4) is 0 Å². The highest BCUT2D eigenvalue weighted by molar-refractivity contribution is 6.30. The van der Waals surface area contributed by atoms with Gasteiger partial charge in [0.25, 0.3) is 0 Å². The first-order chi connectivity index (χ1) is 7.72. The highest BCUT2D eigenvalue weighted by atomic mass is 35.5. The van der Waals surface area contributed by atoms with Crippen molar-refractivity contribution in [2.75, 3.05) is 0 Å². The SMILES string of the molecule is C=CCC1(CC=C)OC1c1ccc(Cl)cc1. The molecule has 1 atom stereocenters. The van der Waals surface area contributed by atoms with Crippen LogP contribution in [0.25, 0.3) is 0 Å². The molecule has 1 heterocycles. The van der Waals surface area contributed by atoms with Gasteiger partial charge in [0.2, 0.25) is 0 Å². The van der Waals surface area contributed by atoms with Gasteiger partial charge in [-0.25, -0.2) is 0 Å². The fraction of sp³-hybridized carbons (Fsp3) is 0.286. The molecule has 0 bridgehead atoms. The van der Waals surface area contributed by atoms with E-state index in [9.17, 15) is 0 Å². The quantitative estimate of drug-likeness (QED) is 0.547. The van der Waals surface area contributed by atoms with Crippen molar-refractivity contribution in [1.82, 2.24) is 0 Å². The Labute approximate surface area is 101 Å². The summed E-state index contributed by atoms with van der Waals surface area (Å²) in [6, 6.07) is 7.82. The first kappa shape index (κ1) is 11.4. The van der Waals surface area contributed by atoms with Crippen molar-refractivity contribution in [3.63, 3.8) is 0 Å². The zero-order valence-corrected chi connectivity index (χ0v) is 9.91. The summed E-state index contributed by atoms with van der Waals surface area (Å²) in [7, 11) is 0. The number of epoxide rings is 1. The minimum atomic E-state index is -0.114. The number of rotatable bonds is 5. The van der Waals surface area contributed by atoms with Crippen LogP contribution in [0.4, 0.5) is 0 Å². The summed E-state index contributed by atoms with van der Waals surface area (Å²) in [6.45, 7) is 7.55. The molecule has 1 unspecified atom stereocenters. The Morgan fingerprint density at radius 2 is 1.75 bits per heavy atom. The van der Waals surface area contributed by atoms with E-state index < -0.39 is 0 Å². The van der Waals surface area contributed by atoms with Crippen LogP contribution in [0.2, 0.25) is 5.02 Å². The van der Waals surface area contributed by atoms with E-state index >= 15 is 0 Å². The molecule has 0 aromatic heterocycles. The van der Waals surface area contributed by atoms with Crippen LogP contribution in [-0.2, 0) is 4.74 Å². The van der Waals surface area contributed by atoms with Gasteiger partial charge in [0.05, 0.1) is 0 Å². The molecule has 1 aliphatic heterocycles. The highest BCUT2D eigenvalue weighted by Gasteiger charge is 2.54. The van der Waals surface area contributed by atoms with Crippen molar-refractivity contribution >= 4 is 11.6 Å². The average Bonchev–Trinajstić information content (AvgIpc) is 2.95. The van der Waals surface area contributed by atoms with Crippen LogP contribution in [0.5, 0.6) is 0 Å². The second-order valence-corrected chi connectivity index (χ2v) is 4.54. The van der Waals surface area contributed by atoms with E-state index in [0.717, 1.165) is 17.9 Å². The Balaban J connectivity index is 2.15. The average molecular weight is 235 g/mol. The second-order valence-electron chi connectivity index (χ2n) is 4.10. The Kier molecular flexibility index (Phi) is 3.17. The molecule has 0 spiro atoms. The van der Waals surface area contributed by atoms with E-state index in [1.54, 1.807) is 0 Å². The van der Waals surface area contributed by atoms with Crippen molar-refractivity contribution in [2.24, 2.45) is 0 Å². The molecule has 1 saturated heterocycles. The molecule has 0 radical (unpaired) electrons. The maximum Gasteiger partial charge on any atom is 0.113 e. The molecule has 0 N–H and O–H groups in total. The molecule has 1 aliphatic rings. The first-order valence-corrected chi connectivity index (χ1v) is 5.75. The minimum absolute atomic E-state index is 0.114. The van der Waals surface area contributed by atoms with Gasteiger partial charge >= 0.3 is 0 Å². The van der Waals surface area contributed by atoms with Gasteiger partial charge in [0.1, 0.15) is 11.7 Å². The number of halogens is 1. The van der Waals surface area contributed by atoms with Gasteiger partial charge in [-0.1, -0.05) is 35.9 Å². The van der Waals surface area contributed by atoms with Gasteiger partial charge in [-0.05, 0) is 30.5 Å². The highest BCUT2D eigenvalue weighted by Crippen LogP contribution is 2.54. The smallest absolute Gasteiger partial charge is 0.113 e. The molecule has 2 heteroatoms. The van der Waals surface area contributed by atoms with Gasteiger partial charge in [-0.15, -0.1) is 13.2 Å². The number of hydrogen-bond acceptors (Lipinski definition) is 1. The molecule has 16 heavy (non-hydrogen) atoms. The van der Waals surface area contributed by atoms with Crippen molar-refractivity contribution in [3.8, 4) is 0 Å². The number of hydrogen-bond donors (Lipinski definition) is 0. The monoisotopic (exact) mass is 234 g/mol. The molecule has 2 rings (SSSR count). The van der Waals surface area contributed by atoms with Crippen molar-refractivity contribution in [3.05, 3.63) is 60.2 Å². The Bertz CT molecular complexity index is 384. The van der Waals surface area contributed by atoms with Crippen LogP contribution in [0.15, 0.2) is 49.6 Å². The van der Waals surface area contributed by atoms with E-state index in [-0.39, 0.29) is 11.7 Å². The Morgan fingerprint density at radius 1 is 1.19 bits per heavy atom. The molecule has 84 valence electrons. The normalized spacial score (nSPS) is 21.4. The predicted octanol–water partition coefficient (Wildman–Crippen LogP) is 4.30. The van der Waals surface area contributed by atoms with Crippen LogP contribution >= 0.6 is 11.6 Å². The van der Waals surface area contributed by atoms with Crippen LogP contribution < -0.4 is 0 Å². The van der Waals surface area contributed by atoms with Gasteiger partial charge < -0.3 is 4.74 Å². The predicted molar refractivity (Wildman–Crippen MR) is 67.6 cm³/mol. The molecule has 1 aromatic rings. The molecule has 1 aromatic carbocycles. The lowest BCUT2D eigenvalue weighted by Crippen LogP contribution is -2.09. The zero-order chi connectivity index (χ0) is 11.6. The van der Waals surface area contributed by atoms with Crippen molar-refractivity contribution in [1.29, 1.82) is 0 Å². The van der Waals surface area contributed by atoms with E-state index in [2.05, 4.69) is 13.2 Å². The zero-order valence-electron chi connectivity index (χ0n) is 9.16. The van der Waals surface area contributed by atoms with Gasteiger partial charge in [-0.3, -0.25) is 0 Å². The van der Waals surface area contributed by atoms with Gasteiger partial charge in [0.15, 0.2) is 0 Å². The molecule has 1 fully saturated rings. The summed E-state index contributed by atoms with van der Waals surface area (Å²) in [5.74, 6) is 0. The van der Waals surface area contributed by atoms with E-state index in [1.165, 1.54) is 5.56 Å². The van der Waals surface area contributed by atoms with Gasteiger partial charge in [-0.2, -0.15) is 0 Å². The Hall–Kier alpha value is -1.05. The molecule has 0 saturated carbocycles. The third-order valence-electron chi connectivity index (χ3n) is 2.93. The molecular formula is C14H15ClO. The summed E-state index contributed by atoms with van der Waals surface area (Å²) in [5, 5.41) is 0.752. The number of ether oxygens (including phenoxy) is 1. The lowest BCUT2D eigenvalue weighted by Gasteiger charge is -2.07. The number of benzene rings is 1. The fourth-order valence-corrected chi connectivity index (χ4v) is 2.22. The maximum absolute atomic E-state index is 5.86. The van der Waals surface area contributed by atoms with Crippen molar-refractivity contribution < 1.29 is 4.74 Å². The second kappa shape index (κ2) is 4.44. The van der Waals surface area contributed by atoms with Crippen LogP contribution in [-0.4, -0.2) is 5.60 Å². The lowest BCUT2D eigenvalue weighted by atomic mass is 9.93. The van der Waals surface area contributed by atoms with Gasteiger partial charge in [0, 0.05) is 5.02 Å². The van der Waals surface area contributed by atoms with E-state index in [0.29, 0.717) is 0 Å². The van der Waals surface area contributed by atoms with Crippen LogP contribution in [0, 0.1) is 0 Å².